The molecule has 0 aliphatic carbocycles. The third-order valence-electron chi connectivity index (χ3n) is 2.36. The molecular formula is C13H28BrNO2. The second kappa shape index (κ2) is 11.0. The summed E-state index contributed by atoms with van der Waals surface area (Å²) in [6.07, 6.45) is 7.36. The quantitative estimate of drug-likeness (QED) is 0.329. The van der Waals surface area contributed by atoms with Crippen molar-refractivity contribution in [1.29, 1.82) is 0 Å². The van der Waals surface area contributed by atoms with Crippen LogP contribution in [0.15, 0.2) is 0 Å². The van der Waals surface area contributed by atoms with Crippen molar-refractivity contribution in [3.63, 3.8) is 0 Å². The van der Waals surface area contributed by atoms with Gasteiger partial charge in [0.05, 0.1) is 27.7 Å². The summed E-state index contributed by atoms with van der Waals surface area (Å²) >= 11 is 0. The minimum Gasteiger partial charge on any atom is -1.00 e. The Labute approximate surface area is 117 Å². The van der Waals surface area contributed by atoms with Crippen LogP contribution in [0, 0.1) is 0 Å². The molecule has 0 aromatic carbocycles. The Kier molecular flexibility index (Phi) is 12.5. The van der Waals surface area contributed by atoms with Crippen LogP contribution in [0.5, 0.6) is 0 Å². The normalized spacial score (nSPS) is 10.8. The number of ether oxygens (including phenoxy) is 1. The monoisotopic (exact) mass is 309 g/mol. The Hall–Kier alpha value is -0.0900. The van der Waals surface area contributed by atoms with E-state index in [9.17, 15) is 4.79 Å². The van der Waals surface area contributed by atoms with Gasteiger partial charge in [0.2, 0.25) is 0 Å². The van der Waals surface area contributed by atoms with Crippen LogP contribution in [-0.4, -0.2) is 44.7 Å². The van der Waals surface area contributed by atoms with Crippen LogP contribution in [0.4, 0.5) is 0 Å². The minimum atomic E-state index is -0.0824. The van der Waals surface area contributed by atoms with Gasteiger partial charge in [-0.2, -0.15) is 0 Å². The van der Waals surface area contributed by atoms with Gasteiger partial charge in [-0.25, -0.2) is 4.79 Å². The zero-order chi connectivity index (χ0) is 12.4. The second-order valence-electron chi connectivity index (χ2n) is 5.44. The van der Waals surface area contributed by atoms with E-state index in [1.54, 1.807) is 0 Å². The van der Waals surface area contributed by atoms with Crippen LogP contribution in [-0.2, 0) is 9.53 Å². The van der Waals surface area contributed by atoms with Crippen molar-refractivity contribution in [2.75, 3.05) is 34.3 Å². The fourth-order valence-electron chi connectivity index (χ4n) is 1.50. The van der Waals surface area contributed by atoms with E-state index >= 15 is 0 Å². The van der Waals surface area contributed by atoms with Crippen molar-refractivity contribution < 1.29 is 31.0 Å². The predicted octanol–water partition coefficient (Wildman–Crippen LogP) is -0.400. The molecule has 0 bridgehead atoms. The number of carbonyl (C=O) groups is 1. The van der Waals surface area contributed by atoms with Crippen molar-refractivity contribution in [3.05, 3.63) is 0 Å². The molecule has 0 unspecified atom stereocenters. The molecule has 0 aliphatic rings. The lowest BCUT2D eigenvalue weighted by Gasteiger charge is -2.22. The van der Waals surface area contributed by atoms with Gasteiger partial charge in [0.15, 0.2) is 6.54 Å². The number of likely N-dealkylation sites (N-methyl/N-ethyl adjacent to an activating group) is 1. The average Bonchev–Trinajstić information content (AvgIpc) is 2.13. The zero-order valence-corrected chi connectivity index (χ0v) is 13.4. The van der Waals surface area contributed by atoms with Gasteiger partial charge in [-0.3, -0.25) is 0 Å². The van der Waals surface area contributed by atoms with Crippen LogP contribution in [0.25, 0.3) is 0 Å². The van der Waals surface area contributed by atoms with Crippen molar-refractivity contribution in [3.8, 4) is 0 Å². The summed E-state index contributed by atoms with van der Waals surface area (Å²) in [4.78, 5) is 11.4. The second-order valence-corrected chi connectivity index (χ2v) is 5.44. The standard InChI is InChI=1S/C13H28NO2.BrH/c1-5-6-7-8-9-10-11-16-13(15)12-14(2,3)4;/h5-12H2,1-4H3;1H/q+1;/p-1. The molecular weight excluding hydrogens is 282 g/mol. The first kappa shape index (κ1) is 19.3. The summed E-state index contributed by atoms with van der Waals surface area (Å²) < 4.78 is 5.80. The number of rotatable bonds is 9. The van der Waals surface area contributed by atoms with E-state index in [0.717, 1.165) is 6.42 Å². The third-order valence-corrected chi connectivity index (χ3v) is 2.36. The maximum atomic E-state index is 11.4. The number of carbonyl (C=O) groups excluding carboxylic acids is 1. The summed E-state index contributed by atoms with van der Waals surface area (Å²) in [5.74, 6) is -0.0824. The van der Waals surface area contributed by atoms with Gasteiger partial charge in [-0.15, -0.1) is 0 Å². The van der Waals surface area contributed by atoms with Crippen LogP contribution in [0.3, 0.4) is 0 Å². The molecule has 0 aliphatic heterocycles. The number of quaternary nitrogens is 1. The molecule has 0 saturated carbocycles. The van der Waals surface area contributed by atoms with Gasteiger partial charge in [0.25, 0.3) is 0 Å². The van der Waals surface area contributed by atoms with Crippen LogP contribution in [0.2, 0.25) is 0 Å². The minimum absolute atomic E-state index is 0. The summed E-state index contributed by atoms with van der Waals surface area (Å²) in [5.41, 5.74) is 0. The maximum absolute atomic E-state index is 11.4. The molecule has 0 fully saturated rings. The molecule has 0 rings (SSSR count). The highest BCUT2D eigenvalue weighted by Crippen LogP contribution is 2.05. The molecule has 0 radical (unpaired) electrons. The first-order valence-electron chi connectivity index (χ1n) is 6.42. The number of hydrogen-bond donors (Lipinski definition) is 0. The van der Waals surface area contributed by atoms with Crippen molar-refractivity contribution in [1.82, 2.24) is 0 Å². The highest BCUT2D eigenvalue weighted by molar-refractivity contribution is 5.70. The molecule has 104 valence electrons. The number of unbranched alkanes of at least 4 members (excludes halogenated alkanes) is 5. The topological polar surface area (TPSA) is 26.3 Å². The molecule has 0 atom stereocenters. The number of halogens is 1. The first-order valence-corrected chi connectivity index (χ1v) is 6.42. The average molecular weight is 310 g/mol. The lowest BCUT2D eigenvalue weighted by Crippen LogP contribution is -3.00. The van der Waals surface area contributed by atoms with E-state index in [1.165, 1.54) is 32.1 Å². The van der Waals surface area contributed by atoms with E-state index in [1.807, 2.05) is 21.1 Å². The molecule has 0 aromatic heterocycles. The summed E-state index contributed by atoms with van der Waals surface area (Å²) in [5, 5.41) is 0. The molecule has 3 nitrogen and oxygen atoms in total. The fourth-order valence-corrected chi connectivity index (χ4v) is 1.50. The van der Waals surface area contributed by atoms with E-state index in [-0.39, 0.29) is 23.0 Å². The Bertz CT molecular complexity index is 190. The van der Waals surface area contributed by atoms with Gasteiger partial charge in [0, 0.05) is 0 Å². The maximum Gasteiger partial charge on any atom is 0.361 e. The van der Waals surface area contributed by atoms with Gasteiger partial charge in [-0.05, 0) is 6.42 Å². The molecule has 0 saturated heterocycles. The number of esters is 1. The zero-order valence-electron chi connectivity index (χ0n) is 11.8. The summed E-state index contributed by atoms with van der Waals surface area (Å²) in [7, 11) is 5.98. The number of hydrogen-bond acceptors (Lipinski definition) is 2. The first-order chi connectivity index (χ1) is 7.45. The summed E-state index contributed by atoms with van der Waals surface area (Å²) in [6, 6.07) is 0. The molecule has 4 heteroatoms. The van der Waals surface area contributed by atoms with Crippen LogP contribution in [0.1, 0.15) is 45.4 Å². The largest absolute Gasteiger partial charge is 1.00 e. The van der Waals surface area contributed by atoms with Crippen molar-refractivity contribution in [2.45, 2.75) is 45.4 Å². The van der Waals surface area contributed by atoms with Gasteiger partial charge in [0.1, 0.15) is 0 Å². The smallest absolute Gasteiger partial charge is 0.361 e. The molecule has 0 amide bonds. The van der Waals surface area contributed by atoms with Crippen LogP contribution >= 0.6 is 0 Å². The fraction of sp³-hybridized carbons (Fsp3) is 0.923. The molecule has 0 N–H and O–H groups in total. The molecule has 0 aromatic rings. The number of nitrogens with zero attached hydrogens (tertiary/aromatic N) is 1. The summed E-state index contributed by atoms with van der Waals surface area (Å²) in [6.45, 7) is 3.26. The highest BCUT2D eigenvalue weighted by Gasteiger charge is 2.14. The lowest BCUT2D eigenvalue weighted by atomic mass is 10.1. The lowest BCUT2D eigenvalue weighted by molar-refractivity contribution is -0.862. The highest BCUT2D eigenvalue weighted by atomic mass is 79.9. The Morgan fingerprint density at radius 1 is 1.00 bits per heavy atom. The predicted molar refractivity (Wildman–Crippen MR) is 67.2 cm³/mol. The van der Waals surface area contributed by atoms with Crippen molar-refractivity contribution in [2.24, 2.45) is 0 Å². The van der Waals surface area contributed by atoms with E-state index in [4.69, 9.17) is 4.74 Å². The van der Waals surface area contributed by atoms with E-state index in [0.29, 0.717) is 17.6 Å². The van der Waals surface area contributed by atoms with E-state index in [2.05, 4.69) is 6.92 Å². The van der Waals surface area contributed by atoms with Gasteiger partial charge in [-0.1, -0.05) is 39.0 Å². The van der Waals surface area contributed by atoms with Gasteiger partial charge < -0.3 is 26.2 Å². The van der Waals surface area contributed by atoms with Gasteiger partial charge >= 0.3 is 5.97 Å². The van der Waals surface area contributed by atoms with Crippen LogP contribution < -0.4 is 17.0 Å². The SMILES string of the molecule is CCCCCCCCOC(=O)C[N+](C)(C)C.[Br-]. The molecule has 0 heterocycles. The molecule has 17 heavy (non-hydrogen) atoms. The Morgan fingerprint density at radius 2 is 1.53 bits per heavy atom. The Balaban J connectivity index is 0. The molecule has 0 spiro atoms. The third kappa shape index (κ3) is 15.9. The Morgan fingerprint density at radius 3 is 2.06 bits per heavy atom. The van der Waals surface area contributed by atoms with Crippen molar-refractivity contribution >= 4 is 5.97 Å². The van der Waals surface area contributed by atoms with E-state index < -0.39 is 0 Å².